The molecule has 0 saturated heterocycles. The van der Waals surface area contributed by atoms with Crippen LogP contribution in [-0.2, 0) is 20.7 Å². The van der Waals surface area contributed by atoms with Gasteiger partial charge in [0.1, 0.15) is 12.2 Å². The van der Waals surface area contributed by atoms with Crippen molar-refractivity contribution in [1.82, 2.24) is 0 Å². The lowest BCUT2D eigenvalue weighted by Crippen LogP contribution is -2.38. The molecule has 1 aromatic heterocycles. The van der Waals surface area contributed by atoms with E-state index < -0.39 is 11.6 Å². The predicted octanol–water partition coefficient (Wildman–Crippen LogP) is 2.59. The van der Waals surface area contributed by atoms with Gasteiger partial charge < -0.3 is 9.84 Å². The molecule has 5 heteroatoms. The maximum absolute atomic E-state index is 11.8. The first-order valence-electron chi connectivity index (χ1n) is 6.69. The minimum atomic E-state index is -1.08. The second kappa shape index (κ2) is 7.55. The van der Waals surface area contributed by atoms with Crippen LogP contribution in [0.1, 0.15) is 38.7 Å². The van der Waals surface area contributed by atoms with Crippen molar-refractivity contribution < 1.29 is 19.4 Å². The summed E-state index contributed by atoms with van der Waals surface area (Å²) < 4.78 is 4.47. The van der Waals surface area contributed by atoms with E-state index in [1.54, 1.807) is 11.3 Å². The molecule has 0 bridgehead atoms. The Labute approximate surface area is 123 Å². The van der Waals surface area contributed by atoms with Gasteiger partial charge in [0.2, 0.25) is 0 Å². The highest BCUT2D eigenvalue weighted by Gasteiger charge is 2.33. The van der Waals surface area contributed by atoms with Gasteiger partial charge in [0.05, 0.1) is 12.7 Å². The highest BCUT2D eigenvalue weighted by molar-refractivity contribution is 7.07. The maximum atomic E-state index is 11.8. The zero-order valence-corrected chi connectivity index (χ0v) is 13.0. The quantitative estimate of drug-likeness (QED) is 0.592. The molecule has 0 aromatic carbocycles. The van der Waals surface area contributed by atoms with Crippen molar-refractivity contribution in [3.8, 4) is 0 Å². The van der Waals surface area contributed by atoms with E-state index in [2.05, 4.69) is 4.74 Å². The summed E-state index contributed by atoms with van der Waals surface area (Å²) in [5, 5.41) is 14.7. The number of thiophene rings is 1. The number of rotatable bonds is 8. The average molecular weight is 298 g/mol. The lowest BCUT2D eigenvalue weighted by Gasteiger charge is -2.31. The number of Topliss-reactive ketones (excluding diaryl/α,β-unsaturated/α-hetero) is 1. The van der Waals surface area contributed by atoms with Crippen molar-refractivity contribution in [2.45, 2.75) is 45.1 Å². The highest BCUT2D eigenvalue weighted by Crippen LogP contribution is 2.28. The molecule has 0 fully saturated rings. The van der Waals surface area contributed by atoms with Crippen LogP contribution in [0.2, 0.25) is 0 Å². The van der Waals surface area contributed by atoms with Gasteiger partial charge in [-0.25, -0.2) is 0 Å². The molecule has 1 aromatic rings. The number of carbonyl (C=O) groups excluding carboxylic acids is 2. The Balaban J connectivity index is 2.61. The SMILES string of the molecule is COC(=O)CC(=O)CC(O)(CCc1ccsc1)C(C)C. The summed E-state index contributed by atoms with van der Waals surface area (Å²) in [6, 6.07) is 2.02. The summed E-state index contributed by atoms with van der Waals surface area (Å²) in [5.41, 5.74) is 0.0852. The molecule has 1 atom stereocenters. The fraction of sp³-hybridized carbons (Fsp3) is 0.600. The third-order valence-corrected chi connectivity index (χ3v) is 4.31. The van der Waals surface area contributed by atoms with Gasteiger partial charge in [0.15, 0.2) is 0 Å². The number of methoxy groups -OCH3 is 1. The largest absolute Gasteiger partial charge is 0.469 e. The van der Waals surface area contributed by atoms with Crippen molar-refractivity contribution in [2.24, 2.45) is 5.92 Å². The van der Waals surface area contributed by atoms with Crippen LogP contribution in [0.4, 0.5) is 0 Å². The van der Waals surface area contributed by atoms with Crippen molar-refractivity contribution in [1.29, 1.82) is 0 Å². The van der Waals surface area contributed by atoms with E-state index in [0.29, 0.717) is 6.42 Å². The molecule has 0 aliphatic rings. The Kier molecular flexibility index (Phi) is 6.36. The Hall–Kier alpha value is -1.20. The van der Waals surface area contributed by atoms with Gasteiger partial charge in [0.25, 0.3) is 0 Å². The molecular weight excluding hydrogens is 276 g/mol. The second-order valence-corrected chi connectivity index (χ2v) is 6.14. The number of esters is 1. The first kappa shape index (κ1) is 16.9. The normalized spacial score (nSPS) is 14.1. The number of hydrogen-bond acceptors (Lipinski definition) is 5. The van der Waals surface area contributed by atoms with Crippen LogP contribution in [-0.4, -0.2) is 29.6 Å². The molecule has 1 rings (SSSR count). The van der Waals surface area contributed by atoms with E-state index >= 15 is 0 Å². The molecule has 0 aliphatic carbocycles. The van der Waals surface area contributed by atoms with Crippen molar-refractivity contribution in [2.75, 3.05) is 7.11 Å². The van der Waals surface area contributed by atoms with Gasteiger partial charge in [-0.05, 0) is 41.1 Å². The molecule has 0 amide bonds. The van der Waals surface area contributed by atoms with E-state index in [-0.39, 0.29) is 24.5 Å². The molecule has 0 radical (unpaired) electrons. The first-order valence-corrected chi connectivity index (χ1v) is 7.63. The third kappa shape index (κ3) is 5.06. The Morgan fingerprint density at radius 1 is 1.45 bits per heavy atom. The van der Waals surface area contributed by atoms with Gasteiger partial charge in [-0.2, -0.15) is 11.3 Å². The molecule has 1 heterocycles. The van der Waals surface area contributed by atoms with Gasteiger partial charge in [-0.15, -0.1) is 0 Å². The first-order chi connectivity index (χ1) is 9.37. The summed E-state index contributed by atoms with van der Waals surface area (Å²) in [4.78, 5) is 22.9. The predicted molar refractivity (Wildman–Crippen MR) is 78.7 cm³/mol. The molecular formula is C15H22O4S. The summed E-state index contributed by atoms with van der Waals surface area (Å²) in [6.07, 6.45) is 0.950. The number of aryl methyl sites for hydroxylation is 1. The maximum Gasteiger partial charge on any atom is 0.313 e. The van der Waals surface area contributed by atoms with Crippen LogP contribution in [0.3, 0.4) is 0 Å². The van der Waals surface area contributed by atoms with Crippen molar-refractivity contribution in [3.63, 3.8) is 0 Å². The number of hydrogen-bond donors (Lipinski definition) is 1. The number of aliphatic hydroxyl groups is 1. The van der Waals surface area contributed by atoms with Crippen LogP contribution in [0, 0.1) is 5.92 Å². The Morgan fingerprint density at radius 3 is 2.65 bits per heavy atom. The van der Waals surface area contributed by atoms with Crippen LogP contribution in [0.5, 0.6) is 0 Å². The number of ketones is 1. The van der Waals surface area contributed by atoms with E-state index in [4.69, 9.17) is 0 Å². The van der Waals surface area contributed by atoms with Gasteiger partial charge in [0, 0.05) is 6.42 Å². The second-order valence-electron chi connectivity index (χ2n) is 5.36. The zero-order valence-electron chi connectivity index (χ0n) is 12.2. The summed E-state index contributed by atoms with van der Waals surface area (Å²) in [7, 11) is 1.25. The van der Waals surface area contributed by atoms with Crippen LogP contribution in [0.15, 0.2) is 16.8 Å². The van der Waals surface area contributed by atoms with Crippen molar-refractivity contribution >= 4 is 23.1 Å². The summed E-state index contributed by atoms with van der Waals surface area (Å²) in [6.45, 7) is 3.78. The number of carbonyl (C=O) groups is 2. The van der Waals surface area contributed by atoms with E-state index in [9.17, 15) is 14.7 Å². The van der Waals surface area contributed by atoms with Crippen LogP contribution < -0.4 is 0 Å². The monoisotopic (exact) mass is 298 g/mol. The van der Waals surface area contributed by atoms with Crippen LogP contribution in [0.25, 0.3) is 0 Å². The summed E-state index contributed by atoms with van der Waals surface area (Å²) in [5.74, 6) is -0.889. The van der Waals surface area contributed by atoms with Gasteiger partial charge >= 0.3 is 5.97 Å². The topological polar surface area (TPSA) is 63.6 Å². The van der Waals surface area contributed by atoms with Gasteiger partial charge in [-0.3, -0.25) is 9.59 Å². The van der Waals surface area contributed by atoms with E-state index in [1.807, 2.05) is 30.7 Å². The highest BCUT2D eigenvalue weighted by atomic mass is 32.1. The third-order valence-electron chi connectivity index (χ3n) is 3.57. The van der Waals surface area contributed by atoms with E-state index in [1.165, 1.54) is 7.11 Å². The van der Waals surface area contributed by atoms with Crippen LogP contribution >= 0.6 is 11.3 Å². The fourth-order valence-electron chi connectivity index (χ4n) is 2.01. The van der Waals surface area contributed by atoms with E-state index in [0.717, 1.165) is 12.0 Å². The van der Waals surface area contributed by atoms with Gasteiger partial charge in [-0.1, -0.05) is 13.8 Å². The molecule has 0 aliphatic heterocycles. The van der Waals surface area contributed by atoms with Crippen molar-refractivity contribution in [3.05, 3.63) is 22.4 Å². The molecule has 0 saturated carbocycles. The smallest absolute Gasteiger partial charge is 0.313 e. The molecule has 4 nitrogen and oxygen atoms in total. The number of ether oxygens (including phenoxy) is 1. The minimum Gasteiger partial charge on any atom is -0.469 e. The summed E-state index contributed by atoms with van der Waals surface area (Å²) >= 11 is 1.61. The zero-order chi connectivity index (χ0) is 15.2. The standard InChI is InChI=1S/C15H22O4S/c1-11(2)15(18,6-4-12-5-7-20-10-12)9-13(16)8-14(17)19-3/h5,7,10-11,18H,4,6,8-9H2,1-3H3. The molecule has 112 valence electrons. The lowest BCUT2D eigenvalue weighted by molar-refractivity contribution is -0.144. The Bertz CT molecular complexity index is 439. The lowest BCUT2D eigenvalue weighted by atomic mass is 9.80. The molecule has 0 spiro atoms. The Morgan fingerprint density at radius 2 is 2.15 bits per heavy atom. The molecule has 1 unspecified atom stereocenters. The molecule has 20 heavy (non-hydrogen) atoms. The molecule has 1 N–H and O–H groups in total. The minimum absolute atomic E-state index is 0.0100. The fourth-order valence-corrected chi connectivity index (χ4v) is 2.72. The average Bonchev–Trinajstić information content (AvgIpc) is 2.89.